The van der Waals surface area contributed by atoms with E-state index in [1.165, 1.54) is 32.1 Å². The summed E-state index contributed by atoms with van der Waals surface area (Å²) in [5.74, 6) is 0.337. The molecule has 1 atom stereocenters. The van der Waals surface area contributed by atoms with Crippen LogP contribution in [0.3, 0.4) is 0 Å². The van der Waals surface area contributed by atoms with Gasteiger partial charge in [0.1, 0.15) is 0 Å². The number of likely N-dealkylation sites (tertiary alicyclic amines) is 1. The summed E-state index contributed by atoms with van der Waals surface area (Å²) >= 11 is 0. The summed E-state index contributed by atoms with van der Waals surface area (Å²) in [6.07, 6.45) is 9.53. The molecule has 0 aromatic heterocycles. The Morgan fingerprint density at radius 3 is 2.72 bits per heavy atom. The molecule has 2 aliphatic rings. The Hall–Kier alpha value is -0.570. The zero-order valence-corrected chi connectivity index (χ0v) is 11.7. The van der Waals surface area contributed by atoms with Gasteiger partial charge in [0.25, 0.3) is 0 Å². The topological polar surface area (TPSA) is 40.5 Å². The average Bonchev–Trinajstić information content (AvgIpc) is 2.96. The summed E-state index contributed by atoms with van der Waals surface area (Å²) in [5, 5.41) is 9.47. The van der Waals surface area contributed by atoms with Crippen LogP contribution in [0.25, 0.3) is 0 Å². The first-order valence-electron chi connectivity index (χ1n) is 7.62. The van der Waals surface area contributed by atoms with Crippen molar-refractivity contribution in [3.8, 4) is 0 Å². The Balaban J connectivity index is 1.80. The Kier molecular flexibility index (Phi) is 4.66. The van der Waals surface area contributed by atoms with E-state index in [0.717, 1.165) is 44.8 Å². The van der Waals surface area contributed by atoms with Crippen LogP contribution in [0.4, 0.5) is 0 Å². The minimum absolute atomic E-state index is 0.440. The largest absolute Gasteiger partial charge is 0.481 e. The van der Waals surface area contributed by atoms with Gasteiger partial charge in [0.05, 0.1) is 5.41 Å². The maximum atomic E-state index is 11.5. The number of hydrogen-bond donors (Lipinski definition) is 1. The molecule has 0 aromatic rings. The predicted molar refractivity (Wildman–Crippen MR) is 72.6 cm³/mol. The Labute approximate surface area is 111 Å². The molecule has 104 valence electrons. The normalized spacial score (nSPS) is 30.1. The number of rotatable bonds is 6. The van der Waals surface area contributed by atoms with Crippen LogP contribution in [0.1, 0.15) is 58.3 Å². The molecule has 3 nitrogen and oxygen atoms in total. The zero-order chi connectivity index (χ0) is 13.0. The number of carboxylic acid groups (broad SMARTS) is 1. The molecule has 2 fully saturated rings. The number of nitrogens with zero attached hydrogens (tertiary/aromatic N) is 1. The summed E-state index contributed by atoms with van der Waals surface area (Å²) in [5.41, 5.74) is -0.440. The van der Waals surface area contributed by atoms with Crippen molar-refractivity contribution in [1.29, 1.82) is 0 Å². The Morgan fingerprint density at radius 2 is 2.11 bits per heavy atom. The summed E-state index contributed by atoms with van der Waals surface area (Å²) in [7, 11) is 0. The molecule has 0 radical (unpaired) electrons. The minimum atomic E-state index is -0.576. The van der Waals surface area contributed by atoms with Crippen LogP contribution in [0.2, 0.25) is 0 Å². The summed E-state index contributed by atoms with van der Waals surface area (Å²) in [6, 6.07) is 0. The number of hydrogen-bond acceptors (Lipinski definition) is 2. The standard InChI is InChI=1S/C15H27NO2/c1-2-8-15(14(17)18)9-11-16(12-15)10-7-13-5-3-4-6-13/h13H,2-12H2,1H3,(H,17,18). The van der Waals surface area contributed by atoms with Crippen LogP contribution < -0.4 is 0 Å². The van der Waals surface area contributed by atoms with Crippen LogP contribution in [0, 0.1) is 11.3 Å². The first kappa shape index (κ1) is 13.9. The van der Waals surface area contributed by atoms with Crippen LogP contribution in [-0.4, -0.2) is 35.6 Å². The van der Waals surface area contributed by atoms with E-state index < -0.39 is 11.4 Å². The SMILES string of the molecule is CCCC1(C(=O)O)CCN(CCC2CCCC2)C1. The van der Waals surface area contributed by atoms with Crippen molar-refractivity contribution in [2.24, 2.45) is 11.3 Å². The van der Waals surface area contributed by atoms with Gasteiger partial charge in [0, 0.05) is 6.54 Å². The van der Waals surface area contributed by atoms with Crippen molar-refractivity contribution in [3.63, 3.8) is 0 Å². The van der Waals surface area contributed by atoms with Gasteiger partial charge in [0.15, 0.2) is 0 Å². The lowest BCUT2D eigenvalue weighted by Gasteiger charge is -2.24. The van der Waals surface area contributed by atoms with Gasteiger partial charge in [-0.3, -0.25) is 4.79 Å². The minimum Gasteiger partial charge on any atom is -0.481 e. The van der Waals surface area contributed by atoms with Gasteiger partial charge >= 0.3 is 5.97 Å². The molecule has 1 unspecified atom stereocenters. The van der Waals surface area contributed by atoms with Gasteiger partial charge in [-0.25, -0.2) is 0 Å². The van der Waals surface area contributed by atoms with Crippen molar-refractivity contribution in [2.45, 2.75) is 58.3 Å². The van der Waals surface area contributed by atoms with Gasteiger partial charge in [-0.1, -0.05) is 39.0 Å². The van der Waals surface area contributed by atoms with Crippen molar-refractivity contribution < 1.29 is 9.90 Å². The van der Waals surface area contributed by atoms with Gasteiger partial charge in [-0.2, -0.15) is 0 Å². The highest BCUT2D eigenvalue weighted by Gasteiger charge is 2.43. The van der Waals surface area contributed by atoms with Crippen LogP contribution in [0.5, 0.6) is 0 Å². The molecule has 1 aliphatic carbocycles. The van der Waals surface area contributed by atoms with E-state index in [9.17, 15) is 9.90 Å². The maximum Gasteiger partial charge on any atom is 0.310 e. The highest BCUT2D eigenvalue weighted by atomic mass is 16.4. The molecule has 0 amide bonds. The lowest BCUT2D eigenvalue weighted by atomic mass is 9.83. The first-order chi connectivity index (χ1) is 8.66. The van der Waals surface area contributed by atoms with E-state index in [2.05, 4.69) is 11.8 Å². The lowest BCUT2D eigenvalue weighted by molar-refractivity contribution is -0.148. The molecule has 1 N–H and O–H groups in total. The number of carbonyl (C=O) groups is 1. The molecule has 0 bridgehead atoms. The van der Waals surface area contributed by atoms with Crippen molar-refractivity contribution in [1.82, 2.24) is 4.90 Å². The molecule has 3 heteroatoms. The summed E-state index contributed by atoms with van der Waals surface area (Å²) in [6.45, 7) is 4.97. The van der Waals surface area contributed by atoms with Gasteiger partial charge in [-0.15, -0.1) is 0 Å². The van der Waals surface area contributed by atoms with Crippen LogP contribution >= 0.6 is 0 Å². The van der Waals surface area contributed by atoms with Crippen LogP contribution in [-0.2, 0) is 4.79 Å². The Morgan fingerprint density at radius 1 is 1.39 bits per heavy atom. The predicted octanol–water partition coefficient (Wildman–Crippen LogP) is 3.14. The summed E-state index contributed by atoms with van der Waals surface area (Å²) in [4.78, 5) is 13.9. The molecule has 0 aromatic carbocycles. The van der Waals surface area contributed by atoms with Crippen LogP contribution in [0.15, 0.2) is 0 Å². The molecule has 1 aliphatic heterocycles. The third kappa shape index (κ3) is 3.05. The molecule has 1 heterocycles. The van der Waals surface area contributed by atoms with Crippen molar-refractivity contribution in [2.75, 3.05) is 19.6 Å². The monoisotopic (exact) mass is 253 g/mol. The fourth-order valence-electron chi connectivity index (χ4n) is 3.78. The van der Waals surface area contributed by atoms with E-state index in [0.29, 0.717) is 0 Å². The maximum absolute atomic E-state index is 11.5. The third-order valence-corrected chi connectivity index (χ3v) is 4.94. The fraction of sp³-hybridized carbons (Fsp3) is 0.933. The first-order valence-corrected chi connectivity index (χ1v) is 7.62. The third-order valence-electron chi connectivity index (χ3n) is 4.94. The van der Waals surface area contributed by atoms with E-state index in [4.69, 9.17) is 0 Å². The summed E-state index contributed by atoms with van der Waals surface area (Å²) < 4.78 is 0. The molecule has 1 saturated carbocycles. The molecule has 2 rings (SSSR count). The second-order valence-electron chi connectivity index (χ2n) is 6.30. The van der Waals surface area contributed by atoms with Gasteiger partial charge in [0.2, 0.25) is 0 Å². The van der Waals surface area contributed by atoms with E-state index in [1.807, 2.05) is 0 Å². The molecule has 0 spiro atoms. The second kappa shape index (κ2) is 6.05. The van der Waals surface area contributed by atoms with E-state index in [-0.39, 0.29) is 0 Å². The molecule has 1 saturated heterocycles. The van der Waals surface area contributed by atoms with Gasteiger partial charge in [-0.05, 0) is 38.3 Å². The van der Waals surface area contributed by atoms with Crippen molar-refractivity contribution >= 4 is 5.97 Å². The highest BCUT2D eigenvalue weighted by molar-refractivity contribution is 5.75. The fourth-order valence-corrected chi connectivity index (χ4v) is 3.78. The Bertz CT molecular complexity index is 286. The molecular formula is C15H27NO2. The molecular weight excluding hydrogens is 226 g/mol. The highest BCUT2D eigenvalue weighted by Crippen LogP contribution is 2.36. The number of carboxylic acids is 1. The smallest absolute Gasteiger partial charge is 0.310 e. The van der Waals surface area contributed by atoms with Crippen molar-refractivity contribution in [3.05, 3.63) is 0 Å². The van der Waals surface area contributed by atoms with E-state index in [1.54, 1.807) is 0 Å². The quantitative estimate of drug-likeness (QED) is 0.790. The average molecular weight is 253 g/mol. The van der Waals surface area contributed by atoms with E-state index >= 15 is 0 Å². The van der Waals surface area contributed by atoms with Gasteiger partial charge < -0.3 is 10.0 Å². The lowest BCUT2D eigenvalue weighted by Crippen LogP contribution is -2.35. The number of aliphatic carboxylic acids is 1. The molecule has 18 heavy (non-hydrogen) atoms. The second-order valence-corrected chi connectivity index (χ2v) is 6.30. The zero-order valence-electron chi connectivity index (χ0n) is 11.7.